The van der Waals surface area contributed by atoms with E-state index in [-0.39, 0.29) is 23.5 Å². The zero-order valence-corrected chi connectivity index (χ0v) is 18.9. The van der Waals surface area contributed by atoms with E-state index in [4.69, 9.17) is 4.74 Å². The van der Waals surface area contributed by atoms with Gasteiger partial charge >= 0.3 is 0 Å². The van der Waals surface area contributed by atoms with Crippen molar-refractivity contribution in [2.45, 2.75) is 45.8 Å². The van der Waals surface area contributed by atoms with Crippen LogP contribution in [0.4, 0.5) is 4.39 Å². The van der Waals surface area contributed by atoms with Crippen molar-refractivity contribution in [1.82, 2.24) is 10.2 Å². The molecule has 0 aliphatic carbocycles. The molecule has 1 heterocycles. The third-order valence-electron chi connectivity index (χ3n) is 5.65. The molecule has 0 saturated carbocycles. The summed E-state index contributed by atoms with van der Waals surface area (Å²) in [6, 6.07) is 11.7. The highest BCUT2D eigenvalue weighted by Crippen LogP contribution is 2.38. The Morgan fingerprint density at radius 2 is 2.06 bits per heavy atom. The fourth-order valence-corrected chi connectivity index (χ4v) is 4.04. The van der Waals surface area contributed by atoms with Crippen LogP contribution < -0.4 is 10.1 Å². The molecule has 0 unspecified atom stereocenters. The Kier molecular flexibility index (Phi) is 7.67. The lowest BCUT2D eigenvalue weighted by Crippen LogP contribution is -2.42. The summed E-state index contributed by atoms with van der Waals surface area (Å²) >= 11 is 0. The second-order valence-electron chi connectivity index (χ2n) is 8.30. The number of carbonyl (C=O) groups excluding carboxylic acids is 2. The average Bonchev–Trinajstić information content (AvgIpc) is 2.79. The summed E-state index contributed by atoms with van der Waals surface area (Å²) in [4.78, 5) is 27.2. The lowest BCUT2D eigenvalue weighted by Gasteiger charge is -2.39. The molecule has 0 bridgehead atoms. The van der Waals surface area contributed by atoms with Gasteiger partial charge in [0.1, 0.15) is 11.6 Å². The lowest BCUT2D eigenvalue weighted by molar-refractivity contribution is -0.136. The zero-order chi connectivity index (χ0) is 23.3. The van der Waals surface area contributed by atoms with Crippen LogP contribution in [0.5, 0.6) is 5.75 Å². The van der Waals surface area contributed by atoms with E-state index in [9.17, 15) is 14.0 Å². The molecule has 1 N–H and O–H groups in total. The highest BCUT2D eigenvalue weighted by Gasteiger charge is 2.33. The molecule has 32 heavy (non-hydrogen) atoms. The number of hydrogen-bond donors (Lipinski definition) is 1. The molecule has 5 nitrogen and oxygen atoms in total. The van der Waals surface area contributed by atoms with Crippen molar-refractivity contribution in [1.29, 1.82) is 0 Å². The van der Waals surface area contributed by atoms with Crippen LogP contribution >= 0.6 is 0 Å². The van der Waals surface area contributed by atoms with Gasteiger partial charge in [-0.05, 0) is 53.8 Å². The molecule has 2 aromatic rings. The fraction of sp³-hybridized carbons (Fsp3) is 0.385. The van der Waals surface area contributed by atoms with Crippen LogP contribution in [0.3, 0.4) is 0 Å². The second kappa shape index (κ2) is 10.4. The molecule has 3 rings (SSSR count). The summed E-state index contributed by atoms with van der Waals surface area (Å²) in [7, 11) is 0. The van der Waals surface area contributed by atoms with Gasteiger partial charge in [-0.25, -0.2) is 4.39 Å². The molecule has 6 heteroatoms. The predicted molar refractivity (Wildman–Crippen MR) is 123 cm³/mol. The van der Waals surface area contributed by atoms with Crippen molar-refractivity contribution in [2.75, 3.05) is 13.1 Å². The first-order valence-corrected chi connectivity index (χ1v) is 11.1. The van der Waals surface area contributed by atoms with Crippen LogP contribution in [0.2, 0.25) is 0 Å². The van der Waals surface area contributed by atoms with Crippen LogP contribution in [-0.2, 0) is 16.0 Å². The van der Waals surface area contributed by atoms with Crippen molar-refractivity contribution in [3.8, 4) is 5.75 Å². The number of rotatable bonds is 8. The monoisotopic (exact) mass is 438 g/mol. The summed E-state index contributed by atoms with van der Waals surface area (Å²) in [6.45, 7) is 10.2. The maximum atomic E-state index is 14.1. The van der Waals surface area contributed by atoms with Crippen molar-refractivity contribution in [2.24, 2.45) is 5.92 Å². The molecule has 170 valence electrons. The average molecular weight is 439 g/mol. The molecule has 2 atom stereocenters. The Balaban J connectivity index is 1.99. The Hall–Kier alpha value is -3.15. The summed E-state index contributed by atoms with van der Waals surface area (Å²) in [5.74, 6) is -0.159. The molecule has 0 saturated heterocycles. The van der Waals surface area contributed by atoms with E-state index in [2.05, 4.69) is 11.9 Å². The van der Waals surface area contributed by atoms with E-state index < -0.39 is 12.1 Å². The molecule has 0 fully saturated rings. The smallest absolute Gasteiger partial charge is 0.261 e. The molecule has 1 aliphatic rings. The third kappa shape index (κ3) is 5.18. The summed E-state index contributed by atoms with van der Waals surface area (Å²) < 4.78 is 20.1. The van der Waals surface area contributed by atoms with Gasteiger partial charge in [-0.1, -0.05) is 45.0 Å². The van der Waals surface area contributed by atoms with Crippen molar-refractivity contribution in [3.05, 3.63) is 77.6 Å². The lowest BCUT2D eigenvalue weighted by atomic mass is 9.87. The van der Waals surface area contributed by atoms with Crippen molar-refractivity contribution >= 4 is 11.8 Å². The largest absolute Gasteiger partial charge is 0.481 e. The number of carbonyl (C=O) groups is 2. The fourth-order valence-electron chi connectivity index (χ4n) is 4.04. The molecule has 2 aromatic carbocycles. The van der Waals surface area contributed by atoms with Gasteiger partial charge in [0, 0.05) is 19.0 Å². The molecule has 0 spiro atoms. The van der Waals surface area contributed by atoms with Crippen LogP contribution in [0.15, 0.2) is 55.1 Å². The minimum atomic E-state index is -0.641. The highest BCUT2D eigenvalue weighted by atomic mass is 19.1. The third-order valence-corrected chi connectivity index (χ3v) is 5.65. The number of amides is 2. The minimum absolute atomic E-state index is 0.0199. The molecular weight excluding hydrogens is 407 g/mol. The first-order chi connectivity index (χ1) is 15.3. The number of halogens is 1. The second-order valence-corrected chi connectivity index (χ2v) is 8.30. The Morgan fingerprint density at radius 3 is 2.72 bits per heavy atom. The van der Waals surface area contributed by atoms with Gasteiger partial charge < -0.3 is 15.0 Å². The van der Waals surface area contributed by atoms with E-state index in [1.165, 1.54) is 12.1 Å². The van der Waals surface area contributed by atoms with E-state index in [1.54, 1.807) is 12.1 Å². The summed E-state index contributed by atoms with van der Waals surface area (Å²) in [5, 5.41) is 2.76. The molecule has 0 radical (unpaired) electrons. The molecule has 0 aromatic heterocycles. The Morgan fingerprint density at radius 1 is 1.28 bits per heavy atom. The van der Waals surface area contributed by atoms with Gasteiger partial charge in [0.05, 0.1) is 6.04 Å². The normalized spacial score (nSPS) is 16.3. The Bertz CT molecular complexity index is 989. The van der Waals surface area contributed by atoms with Gasteiger partial charge in [0.2, 0.25) is 5.91 Å². The summed E-state index contributed by atoms with van der Waals surface area (Å²) in [6.07, 6.45) is 2.19. The van der Waals surface area contributed by atoms with Gasteiger partial charge in [0.25, 0.3) is 5.91 Å². The number of benzene rings is 2. The first kappa shape index (κ1) is 23.5. The van der Waals surface area contributed by atoms with E-state index in [0.717, 1.165) is 11.1 Å². The standard InChI is InChI=1S/C26H31FN2O3/c1-5-13-28-25(30)23(6-2)32-21-11-10-18-12-14-29(26(31)17(3)4)24(22(18)16-21)19-8-7-9-20(27)15-19/h5,7-11,15-17,23-24H,1,6,12-14H2,2-4H3,(H,28,30)/t23-,24+/m0/s1. The Labute approximate surface area is 189 Å². The number of ether oxygens (including phenoxy) is 1. The van der Waals surface area contributed by atoms with Crippen molar-refractivity contribution < 1.29 is 18.7 Å². The maximum absolute atomic E-state index is 14.1. The topological polar surface area (TPSA) is 58.6 Å². The summed E-state index contributed by atoms with van der Waals surface area (Å²) in [5.41, 5.74) is 2.70. The number of fused-ring (bicyclic) bond motifs is 1. The van der Waals surface area contributed by atoms with E-state index >= 15 is 0 Å². The van der Waals surface area contributed by atoms with E-state index in [1.807, 2.05) is 49.9 Å². The number of nitrogens with zero attached hydrogens (tertiary/aromatic N) is 1. The van der Waals surface area contributed by atoms with Gasteiger partial charge in [0.15, 0.2) is 6.10 Å². The molecular formula is C26H31FN2O3. The van der Waals surface area contributed by atoms with Gasteiger partial charge in [-0.15, -0.1) is 6.58 Å². The highest BCUT2D eigenvalue weighted by molar-refractivity contribution is 5.81. The van der Waals surface area contributed by atoms with Crippen LogP contribution in [0.1, 0.15) is 49.9 Å². The number of nitrogens with one attached hydrogen (secondary N) is 1. The maximum Gasteiger partial charge on any atom is 0.261 e. The zero-order valence-electron chi connectivity index (χ0n) is 18.9. The van der Waals surface area contributed by atoms with Gasteiger partial charge in [-0.2, -0.15) is 0 Å². The van der Waals surface area contributed by atoms with Gasteiger partial charge in [-0.3, -0.25) is 9.59 Å². The van der Waals surface area contributed by atoms with Crippen molar-refractivity contribution in [3.63, 3.8) is 0 Å². The van der Waals surface area contributed by atoms with Crippen LogP contribution in [0, 0.1) is 11.7 Å². The SMILES string of the molecule is C=CCNC(=O)[C@H](CC)Oc1ccc2c(c1)[C@@H](c1cccc(F)c1)N(C(=O)C(C)C)CC2. The van der Waals surface area contributed by atoms with Crippen LogP contribution in [-0.4, -0.2) is 35.9 Å². The minimum Gasteiger partial charge on any atom is -0.481 e. The number of hydrogen-bond acceptors (Lipinski definition) is 3. The van der Waals surface area contributed by atoms with E-state index in [0.29, 0.717) is 37.2 Å². The first-order valence-electron chi connectivity index (χ1n) is 11.1. The molecule has 2 amide bonds. The molecule has 1 aliphatic heterocycles. The predicted octanol–water partition coefficient (Wildman–Crippen LogP) is 4.42. The quantitative estimate of drug-likeness (QED) is 0.621. The van der Waals surface area contributed by atoms with Crippen LogP contribution in [0.25, 0.3) is 0 Å².